The Labute approximate surface area is 144 Å². The maximum atomic E-state index is 12.6. The van der Waals surface area contributed by atoms with Crippen LogP contribution in [0.5, 0.6) is 0 Å². The summed E-state index contributed by atoms with van der Waals surface area (Å²) in [6, 6.07) is 12.1. The first kappa shape index (κ1) is 16.3. The number of pyridine rings is 1. The van der Waals surface area contributed by atoms with Crippen molar-refractivity contribution in [2.75, 3.05) is 19.6 Å². The predicted octanol–water partition coefficient (Wildman–Crippen LogP) is 1.97. The minimum absolute atomic E-state index is 0.0519. The molecule has 3 rings (SSSR count). The van der Waals surface area contributed by atoms with Crippen LogP contribution in [0.2, 0.25) is 5.02 Å². The number of amides is 3. The molecule has 1 aromatic heterocycles. The normalized spacial score (nSPS) is 15.5. The van der Waals surface area contributed by atoms with Gasteiger partial charge in [0.2, 0.25) is 5.91 Å². The van der Waals surface area contributed by atoms with Crippen molar-refractivity contribution >= 4 is 23.5 Å². The number of benzene rings is 1. The third-order valence-corrected chi connectivity index (χ3v) is 3.99. The minimum atomic E-state index is -0.442. The fourth-order valence-corrected chi connectivity index (χ4v) is 2.79. The van der Waals surface area contributed by atoms with E-state index in [1.54, 1.807) is 18.3 Å². The van der Waals surface area contributed by atoms with Gasteiger partial charge in [0.25, 0.3) is 0 Å². The number of piperazine rings is 1. The van der Waals surface area contributed by atoms with Crippen molar-refractivity contribution in [3.8, 4) is 0 Å². The number of carbonyl (C=O) groups is 2. The Morgan fingerprint density at radius 3 is 2.88 bits per heavy atom. The second-order valence-electron chi connectivity index (χ2n) is 5.46. The van der Waals surface area contributed by atoms with E-state index in [0.29, 0.717) is 23.8 Å². The molecule has 0 radical (unpaired) electrons. The number of halogens is 1. The zero-order chi connectivity index (χ0) is 16.9. The molecule has 2 aromatic rings. The summed E-state index contributed by atoms with van der Waals surface area (Å²) in [5, 5.41) is 6.24. The molecule has 1 fully saturated rings. The second kappa shape index (κ2) is 7.31. The summed E-state index contributed by atoms with van der Waals surface area (Å²) in [5.41, 5.74) is 1.53. The van der Waals surface area contributed by atoms with Crippen molar-refractivity contribution in [2.24, 2.45) is 0 Å². The molecule has 1 aliphatic heterocycles. The van der Waals surface area contributed by atoms with Crippen LogP contribution in [0, 0.1) is 0 Å². The van der Waals surface area contributed by atoms with Crippen molar-refractivity contribution in [2.45, 2.75) is 6.04 Å². The quantitative estimate of drug-likeness (QED) is 0.894. The topological polar surface area (TPSA) is 74.3 Å². The molecule has 1 atom stereocenters. The fourth-order valence-electron chi connectivity index (χ4n) is 2.59. The average molecular weight is 345 g/mol. The summed E-state index contributed by atoms with van der Waals surface area (Å²) in [5.74, 6) is -0.159. The van der Waals surface area contributed by atoms with Gasteiger partial charge in [0.15, 0.2) is 0 Å². The maximum absolute atomic E-state index is 12.6. The van der Waals surface area contributed by atoms with Crippen LogP contribution in [0.4, 0.5) is 4.79 Å². The van der Waals surface area contributed by atoms with Gasteiger partial charge < -0.3 is 15.5 Å². The molecule has 0 unspecified atom stereocenters. The zero-order valence-corrected chi connectivity index (χ0v) is 13.7. The van der Waals surface area contributed by atoms with E-state index in [1.807, 2.05) is 30.3 Å². The first-order chi connectivity index (χ1) is 11.6. The Bertz CT molecular complexity index is 738. The highest BCUT2D eigenvalue weighted by molar-refractivity contribution is 6.30. The van der Waals surface area contributed by atoms with Gasteiger partial charge >= 0.3 is 6.03 Å². The van der Waals surface area contributed by atoms with E-state index < -0.39 is 6.04 Å². The van der Waals surface area contributed by atoms with Crippen LogP contribution < -0.4 is 10.6 Å². The highest BCUT2D eigenvalue weighted by atomic mass is 35.5. The van der Waals surface area contributed by atoms with Crippen molar-refractivity contribution in [3.05, 3.63) is 64.9 Å². The number of aromatic nitrogens is 1. The van der Waals surface area contributed by atoms with Gasteiger partial charge in [-0.05, 0) is 29.8 Å². The van der Waals surface area contributed by atoms with E-state index in [0.717, 1.165) is 5.56 Å². The van der Waals surface area contributed by atoms with Gasteiger partial charge in [0, 0.05) is 24.3 Å². The molecule has 0 bridgehead atoms. The summed E-state index contributed by atoms with van der Waals surface area (Å²) in [4.78, 5) is 29.9. The summed E-state index contributed by atoms with van der Waals surface area (Å²) in [7, 11) is 0. The molecule has 7 heteroatoms. The zero-order valence-electron chi connectivity index (χ0n) is 12.9. The van der Waals surface area contributed by atoms with Crippen LogP contribution in [0.1, 0.15) is 17.3 Å². The summed E-state index contributed by atoms with van der Waals surface area (Å²) in [6.45, 7) is 0.982. The number of carbonyl (C=O) groups excluding carboxylic acids is 2. The maximum Gasteiger partial charge on any atom is 0.318 e. The smallest absolute Gasteiger partial charge is 0.318 e. The second-order valence-corrected chi connectivity index (χ2v) is 5.90. The van der Waals surface area contributed by atoms with Gasteiger partial charge in [-0.25, -0.2) is 4.79 Å². The molecule has 0 aliphatic carbocycles. The van der Waals surface area contributed by atoms with E-state index in [1.165, 1.54) is 4.90 Å². The van der Waals surface area contributed by atoms with Crippen LogP contribution in [0.25, 0.3) is 0 Å². The standard InChI is InChI=1S/C17H17ClN4O2/c18-13-5-3-4-12(10-13)16(14-6-1-2-7-19-14)21-17(24)22-9-8-20-15(23)11-22/h1-7,10,16H,8-9,11H2,(H,20,23)(H,21,24)/t16-/m0/s1. The van der Waals surface area contributed by atoms with Crippen molar-refractivity contribution in [1.82, 2.24) is 20.5 Å². The molecule has 1 aromatic carbocycles. The Kier molecular flexibility index (Phi) is 4.96. The Morgan fingerprint density at radius 2 is 2.17 bits per heavy atom. The number of nitrogens with zero attached hydrogens (tertiary/aromatic N) is 2. The fraction of sp³-hybridized carbons (Fsp3) is 0.235. The molecule has 6 nitrogen and oxygen atoms in total. The van der Waals surface area contributed by atoms with E-state index in [-0.39, 0.29) is 18.5 Å². The molecule has 1 aliphatic rings. The number of rotatable bonds is 3. The molecule has 24 heavy (non-hydrogen) atoms. The summed E-state index contributed by atoms with van der Waals surface area (Å²) in [6.07, 6.45) is 1.67. The highest BCUT2D eigenvalue weighted by Crippen LogP contribution is 2.23. The molecule has 124 valence electrons. The van der Waals surface area contributed by atoms with Crippen LogP contribution >= 0.6 is 11.6 Å². The predicted molar refractivity (Wildman–Crippen MR) is 90.6 cm³/mol. The lowest BCUT2D eigenvalue weighted by Crippen LogP contribution is -2.53. The van der Waals surface area contributed by atoms with Crippen LogP contribution in [0.15, 0.2) is 48.7 Å². The number of nitrogens with one attached hydrogen (secondary N) is 2. The van der Waals surface area contributed by atoms with Gasteiger partial charge in [-0.3, -0.25) is 9.78 Å². The Hall–Kier alpha value is -2.60. The molecule has 1 saturated heterocycles. The lowest BCUT2D eigenvalue weighted by molar-refractivity contribution is -0.123. The van der Waals surface area contributed by atoms with Gasteiger partial charge in [-0.1, -0.05) is 29.8 Å². The summed E-state index contributed by atoms with van der Waals surface area (Å²) < 4.78 is 0. The van der Waals surface area contributed by atoms with Gasteiger partial charge in [-0.2, -0.15) is 0 Å². The van der Waals surface area contributed by atoms with Crippen LogP contribution in [0.3, 0.4) is 0 Å². The molecule has 3 amide bonds. The average Bonchev–Trinajstić information content (AvgIpc) is 2.60. The third-order valence-electron chi connectivity index (χ3n) is 3.76. The summed E-state index contributed by atoms with van der Waals surface area (Å²) >= 11 is 6.08. The monoisotopic (exact) mass is 344 g/mol. The SMILES string of the molecule is O=C1CN(C(=O)N[C@@H](c2cccc(Cl)c2)c2ccccn2)CCN1. The number of urea groups is 1. The van der Waals surface area contributed by atoms with E-state index in [9.17, 15) is 9.59 Å². The van der Waals surface area contributed by atoms with Crippen molar-refractivity contribution < 1.29 is 9.59 Å². The number of hydrogen-bond acceptors (Lipinski definition) is 3. The first-order valence-electron chi connectivity index (χ1n) is 7.62. The van der Waals surface area contributed by atoms with Gasteiger partial charge in [0.05, 0.1) is 11.7 Å². The van der Waals surface area contributed by atoms with Crippen LogP contribution in [-0.2, 0) is 4.79 Å². The minimum Gasteiger partial charge on any atom is -0.353 e. The Balaban J connectivity index is 1.85. The van der Waals surface area contributed by atoms with Crippen LogP contribution in [-0.4, -0.2) is 41.5 Å². The third kappa shape index (κ3) is 3.83. The molecular weight excluding hydrogens is 328 g/mol. The molecule has 0 spiro atoms. The first-order valence-corrected chi connectivity index (χ1v) is 8.00. The highest BCUT2D eigenvalue weighted by Gasteiger charge is 2.25. The molecule has 0 saturated carbocycles. The van der Waals surface area contributed by atoms with Crippen molar-refractivity contribution in [3.63, 3.8) is 0 Å². The lowest BCUT2D eigenvalue weighted by Gasteiger charge is -2.29. The van der Waals surface area contributed by atoms with E-state index in [4.69, 9.17) is 11.6 Å². The molecule has 2 N–H and O–H groups in total. The lowest BCUT2D eigenvalue weighted by atomic mass is 10.0. The van der Waals surface area contributed by atoms with E-state index in [2.05, 4.69) is 15.6 Å². The van der Waals surface area contributed by atoms with Crippen molar-refractivity contribution in [1.29, 1.82) is 0 Å². The van der Waals surface area contributed by atoms with Gasteiger partial charge in [-0.15, -0.1) is 0 Å². The Morgan fingerprint density at radius 1 is 1.29 bits per heavy atom. The van der Waals surface area contributed by atoms with E-state index >= 15 is 0 Å². The number of hydrogen-bond donors (Lipinski definition) is 2. The van der Waals surface area contributed by atoms with Gasteiger partial charge in [0.1, 0.15) is 6.54 Å². The largest absolute Gasteiger partial charge is 0.353 e. The molecule has 2 heterocycles. The molecular formula is C17H17ClN4O2.